The molecule has 1 aromatic carbocycles. The monoisotopic (exact) mass is 224 g/mol. The summed E-state index contributed by atoms with van der Waals surface area (Å²) >= 11 is 0. The Morgan fingerprint density at radius 1 is 1.12 bits per heavy atom. The summed E-state index contributed by atoms with van der Waals surface area (Å²) in [4.78, 5) is 8.30. The first-order valence-electron chi connectivity index (χ1n) is 5.84. The molecule has 2 rings (SSSR count). The second-order valence-electron chi connectivity index (χ2n) is 3.97. The Morgan fingerprint density at radius 3 is 2.71 bits per heavy atom. The van der Waals surface area contributed by atoms with E-state index in [0.29, 0.717) is 0 Å². The zero-order valence-electron chi connectivity index (χ0n) is 10.2. The van der Waals surface area contributed by atoms with Crippen LogP contribution in [0.25, 0.3) is 12.2 Å². The van der Waals surface area contributed by atoms with Crippen LogP contribution in [0.4, 0.5) is 0 Å². The van der Waals surface area contributed by atoms with Gasteiger partial charge in [0.15, 0.2) is 0 Å². The maximum absolute atomic E-state index is 4.21. The lowest BCUT2D eigenvalue weighted by Gasteiger charge is -2.01. The fraction of sp³-hybridized carbons (Fsp3) is 0.200. The first-order chi connectivity index (χ1) is 8.29. The van der Waals surface area contributed by atoms with Crippen molar-refractivity contribution in [1.82, 2.24) is 9.97 Å². The highest BCUT2D eigenvalue weighted by molar-refractivity contribution is 5.69. The molecule has 0 aliphatic heterocycles. The van der Waals surface area contributed by atoms with Gasteiger partial charge in [-0.05, 0) is 36.6 Å². The normalized spacial score (nSPS) is 10.9. The van der Waals surface area contributed by atoms with Crippen molar-refractivity contribution in [2.75, 3.05) is 0 Å². The maximum atomic E-state index is 4.21. The minimum atomic E-state index is 0.948. The summed E-state index contributed by atoms with van der Waals surface area (Å²) in [7, 11) is 0. The molecule has 0 saturated heterocycles. The number of aromatic nitrogens is 2. The molecule has 0 aliphatic rings. The molecule has 0 bridgehead atoms. The number of nitrogens with zero attached hydrogens (tertiary/aromatic N) is 2. The molecule has 0 saturated carbocycles. The van der Waals surface area contributed by atoms with E-state index in [0.717, 1.165) is 17.8 Å². The van der Waals surface area contributed by atoms with Gasteiger partial charge in [0.25, 0.3) is 0 Å². The molecule has 0 spiro atoms. The van der Waals surface area contributed by atoms with E-state index in [1.165, 1.54) is 11.1 Å². The van der Waals surface area contributed by atoms with E-state index in [4.69, 9.17) is 0 Å². The second-order valence-corrected chi connectivity index (χ2v) is 3.97. The van der Waals surface area contributed by atoms with Gasteiger partial charge in [0.1, 0.15) is 6.33 Å². The summed E-state index contributed by atoms with van der Waals surface area (Å²) in [5.74, 6) is 0. The van der Waals surface area contributed by atoms with Crippen LogP contribution >= 0.6 is 0 Å². The number of hydrogen-bond acceptors (Lipinski definition) is 2. The lowest BCUT2D eigenvalue weighted by Crippen LogP contribution is -1.87. The third-order valence-electron chi connectivity index (χ3n) is 2.69. The fourth-order valence-electron chi connectivity index (χ4n) is 1.76. The van der Waals surface area contributed by atoms with Gasteiger partial charge < -0.3 is 0 Å². The minimum Gasteiger partial charge on any atom is -0.242 e. The summed E-state index contributed by atoms with van der Waals surface area (Å²) in [5.41, 5.74) is 4.55. The molecule has 0 unspecified atom stereocenters. The Labute approximate surface area is 102 Å². The van der Waals surface area contributed by atoms with E-state index >= 15 is 0 Å². The first kappa shape index (κ1) is 11.5. The van der Waals surface area contributed by atoms with Crippen LogP contribution in [0.3, 0.4) is 0 Å². The van der Waals surface area contributed by atoms with Crippen LogP contribution in [-0.2, 0) is 6.42 Å². The molecule has 86 valence electrons. The fourth-order valence-corrected chi connectivity index (χ4v) is 1.76. The average Bonchev–Trinajstić information content (AvgIpc) is 2.37. The third-order valence-corrected chi connectivity index (χ3v) is 2.69. The van der Waals surface area contributed by atoms with Gasteiger partial charge in [-0.15, -0.1) is 0 Å². The zero-order valence-corrected chi connectivity index (χ0v) is 10.2. The second kappa shape index (κ2) is 5.39. The van der Waals surface area contributed by atoms with Crippen molar-refractivity contribution in [3.8, 4) is 0 Å². The Hall–Kier alpha value is -1.96. The Morgan fingerprint density at radius 2 is 1.94 bits per heavy atom. The smallest absolute Gasteiger partial charge is 0.116 e. The van der Waals surface area contributed by atoms with E-state index in [1.54, 1.807) is 6.33 Å². The van der Waals surface area contributed by atoms with Crippen LogP contribution in [0.1, 0.15) is 29.4 Å². The van der Waals surface area contributed by atoms with Gasteiger partial charge in [0.05, 0.1) is 5.69 Å². The molecule has 2 heteroatoms. The predicted octanol–water partition coefficient (Wildman–Crippen LogP) is 3.52. The summed E-state index contributed by atoms with van der Waals surface area (Å²) in [5, 5.41) is 0. The quantitative estimate of drug-likeness (QED) is 0.797. The maximum Gasteiger partial charge on any atom is 0.116 e. The van der Waals surface area contributed by atoms with Crippen molar-refractivity contribution in [1.29, 1.82) is 0 Å². The van der Waals surface area contributed by atoms with Gasteiger partial charge in [0.2, 0.25) is 0 Å². The summed E-state index contributed by atoms with van der Waals surface area (Å²) in [6, 6.07) is 10.4. The lowest BCUT2D eigenvalue weighted by molar-refractivity contribution is 1.09. The largest absolute Gasteiger partial charge is 0.242 e. The van der Waals surface area contributed by atoms with Crippen LogP contribution in [0.15, 0.2) is 36.7 Å². The van der Waals surface area contributed by atoms with Crippen LogP contribution in [0.2, 0.25) is 0 Å². The molecule has 0 radical (unpaired) electrons. The molecule has 2 aromatic rings. The van der Waals surface area contributed by atoms with E-state index < -0.39 is 0 Å². The molecular formula is C15H16N2. The Balaban J connectivity index is 2.26. The summed E-state index contributed by atoms with van der Waals surface area (Å²) in [6.07, 6.45) is 6.79. The van der Waals surface area contributed by atoms with Gasteiger partial charge in [-0.1, -0.05) is 37.3 Å². The first-order valence-corrected chi connectivity index (χ1v) is 5.84. The molecule has 2 nitrogen and oxygen atoms in total. The van der Waals surface area contributed by atoms with Crippen molar-refractivity contribution >= 4 is 12.2 Å². The van der Waals surface area contributed by atoms with E-state index in [2.05, 4.69) is 47.2 Å². The van der Waals surface area contributed by atoms with Gasteiger partial charge in [0, 0.05) is 5.69 Å². The van der Waals surface area contributed by atoms with Crippen LogP contribution in [0.5, 0.6) is 0 Å². The average molecular weight is 224 g/mol. The molecule has 1 heterocycles. The van der Waals surface area contributed by atoms with Crippen LogP contribution in [-0.4, -0.2) is 9.97 Å². The lowest BCUT2D eigenvalue weighted by atomic mass is 10.0. The number of aryl methyl sites for hydroxylation is 2. The SMILES string of the molecule is CCc1ccccc1C=Cc1cc(C)ncn1. The summed E-state index contributed by atoms with van der Waals surface area (Å²) in [6.45, 7) is 4.14. The topological polar surface area (TPSA) is 25.8 Å². The third kappa shape index (κ3) is 3.00. The molecule has 17 heavy (non-hydrogen) atoms. The summed E-state index contributed by atoms with van der Waals surface area (Å²) < 4.78 is 0. The van der Waals surface area contributed by atoms with Crippen molar-refractivity contribution < 1.29 is 0 Å². The highest BCUT2D eigenvalue weighted by Crippen LogP contribution is 2.13. The van der Waals surface area contributed by atoms with Crippen molar-refractivity contribution in [2.24, 2.45) is 0 Å². The van der Waals surface area contributed by atoms with Crippen LogP contribution in [0, 0.1) is 6.92 Å². The minimum absolute atomic E-state index is 0.948. The number of hydrogen-bond donors (Lipinski definition) is 0. The van der Waals surface area contributed by atoms with Crippen molar-refractivity contribution in [2.45, 2.75) is 20.3 Å². The number of rotatable bonds is 3. The molecule has 0 amide bonds. The van der Waals surface area contributed by atoms with Gasteiger partial charge in [-0.2, -0.15) is 0 Å². The predicted molar refractivity (Wildman–Crippen MR) is 71.5 cm³/mol. The highest BCUT2D eigenvalue weighted by atomic mass is 14.8. The molecule has 0 atom stereocenters. The van der Waals surface area contributed by atoms with Gasteiger partial charge in [-0.3, -0.25) is 0 Å². The van der Waals surface area contributed by atoms with Crippen molar-refractivity contribution in [3.05, 3.63) is 59.2 Å². The highest BCUT2D eigenvalue weighted by Gasteiger charge is 1.95. The molecule has 0 N–H and O–H groups in total. The standard InChI is InChI=1S/C15H16N2/c1-3-13-6-4-5-7-14(13)8-9-15-10-12(2)16-11-17-15/h4-11H,3H2,1-2H3. The zero-order chi connectivity index (χ0) is 12.1. The van der Waals surface area contributed by atoms with Crippen LogP contribution < -0.4 is 0 Å². The molecule has 0 aliphatic carbocycles. The number of benzene rings is 1. The van der Waals surface area contributed by atoms with E-state index in [9.17, 15) is 0 Å². The van der Waals surface area contributed by atoms with Gasteiger partial charge in [-0.25, -0.2) is 9.97 Å². The Kier molecular flexibility index (Phi) is 3.66. The molecular weight excluding hydrogens is 208 g/mol. The van der Waals surface area contributed by atoms with E-state index in [1.807, 2.05) is 19.1 Å². The molecule has 0 fully saturated rings. The molecule has 1 aromatic heterocycles. The Bertz CT molecular complexity index is 530. The van der Waals surface area contributed by atoms with Gasteiger partial charge >= 0.3 is 0 Å². The van der Waals surface area contributed by atoms with Crippen molar-refractivity contribution in [3.63, 3.8) is 0 Å². The van der Waals surface area contributed by atoms with E-state index in [-0.39, 0.29) is 0 Å².